The Morgan fingerprint density at radius 2 is 0.812 bits per heavy atom. The van der Waals surface area contributed by atoms with Gasteiger partial charge in [-0.2, -0.15) is 0 Å². The number of hydrogen-bond acceptors (Lipinski definition) is 2. The predicted octanol–water partition coefficient (Wildman–Crippen LogP) is 12.7. The van der Waals surface area contributed by atoms with Crippen molar-refractivity contribution in [3.8, 4) is 22.5 Å². The van der Waals surface area contributed by atoms with Gasteiger partial charge in [0.05, 0.1) is 20.8 Å². The molecular formula is C58H57BN2O2S. The van der Waals surface area contributed by atoms with Gasteiger partial charge in [-0.15, -0.1) is 0 Å². The fourth-order valence-corrected chi connectivity index (χ4v) is 11.9. The Morgan fingerprint density at radius 3 is 1.23 bits per heavy atom. The normalized spacial score (nSPS) is 14.0. The minimum absolute atomic E-state index is 0.0203. The van der Waals surface area contributed by atoms with Gasteiger partial charge in [0.2, 0.25) is 9.84 Å². The van der Waals surface area contributed by atoms with Crippen LogP contribution >= 0.6 is 0 Å². The SMILES string of the molecule is CC(C)(C)c1ccc2c(c1)c1cc(C(C)(C)C)cc3c1n2-c1cc(-c2ccc(S(=O)(=O)c4ccccc4)cc2)cc2c1B3c1cc(C(C)(C)C)cc3c4cc(C(C)(C)C)ccc4n-2c13. The smallest absolute Gasteiger partial charge is 0.252 e. The molecule has 7 aromatic carbocycles. The third-order valence-electron chi connectivity index (χ3n) is 14.3. The van der Waals surface area contributed by atoms with Gasteiger partial charge >= 0.3 is 0 Å². The van der Waals surface area contributed by atoms with E-state index in [2.05, 4.69) is 165 Å². The molecule has 0 amide bonds. The lowest BCUT2D eigenvalue weighted by Crippen LogP contribution is -2.59. The highest BCUT2D eigenvalue weighted by molar-refractivity contribution is 7.91. The molecule has 320 valence electrons. The van der Waals surface area contributed by atoms with Crippen molar-refractivity contribution in [2.45, 2.75) is 115 Å². The van der Waals surface area contributed by atoms with Crippen molar-refractivity contribution in [3.05, 3.63) is 150 Å². The van der Waals surface area contributed by atoms with Crippen LogP contribution in [0.25, 0.3) is 66.1 Å². The lowest BCUT2D eigenvalue weighted by molar-refractivity contribution is 0.590. The van der Waals surface area contributed by atoms with Crippen LogP contribution in [0, 0.1) is 0 Å². The van der Waals surface area contributed by atoms with E-state index in [1.54, 1.807) is 36.4 Å². The molecule has 4 heterocycles. The summed E-state index contributed by atoms with van der Waals surface area (Å²) in [4.78, 5) is 0.583. The van der Waals surface area contributed by atoms with Crippen molar-refractivity contribution >= 4 is 76.6 Å². The highest BCUT2D eigenvalue weighted by Crippen LogP contribution is 2.44. The first kappa shape index (κ1) is 40.9. The summed E-state index contributed by atoms with van der Waals surface area (Å²) in [6.45, 7) is 27.8. The molecule has 0 fully saturated rings. The van der Waals surface area contributed by atoms with Gasteiger partial charge in [-0.05, 0) is 144 Å². The van der Waals surface area contributed by atoms with Crippen LogP contribution in [0.15, 0.2) is 137 Å². The van der Waals surface area contributed by atoms with Gasteiger partial charge in [0.1, 0.15) is 0 Å². The van der Waals surface area contributed by atoms with Gasteiger partial charge in [0, 0.05) is 44.0 Å². The average molecular weight is 857 g/mol. The van der Waals surface area contributed by atoms with E-state index in [-0.39, 0.29) is 33.3 Å². The Hall–Kier alpha value is -5.85. The van der Waals surface area contributed by atoms with Crippen LogP contribution in [0.5, 0.6) is 0 Å². The molecule has 9 aromatic rings. The zero-order chi connectivity index (χ0) is 45.2. The van der Waals surface area contributed by atoms with E-state index < -0.39 is 9.84 Å². The molecule has 0 spiro atoms. The zero-order valence-corrected chi connectivity index (χ0v) is 40.1. The number of rotatable bonds is 3. The Balaban J connectivity index is 1.30. The predicted molar refractivity (Wildman–Crippen MR) is 272 cm³/mol. The second-order valence-electron chi connectivity index (χ2n) is 22.8. The monoisotopic (exact) mass is 856 g/mol. The minimum atomic E-state index is -3.68. The Labute approximate surface area is 379 Å². The highest BCUT2D eigenvalue weighted by Gasteiger charge is 2.43. The first-order valence-corrected chi connectivity index (χ1v) is 24.4. The molecule has 0 unspecified atom stereocenters. The van der Waals surface area contributed by atoms with Crippen LogP contribution in [-0.2, 0) is 31.5 Å². The molecule has 2 aromatic heterocycles. The number of fused-ring (bicyclic) bond motifs is 10. The minimum Gasteiger partial charge on any atom is -0.310 e. The lowest BCUT2D eigenvalue weighted by Gasteiger charge is -2.36. The number of hydrogen-bond donors (Lipinski definition) is 0. The van der Waals surface area contributed by atoms with Gasteiger partial charge < -0.3 is 9.13 Å². The first-order chi connectivity index (χ1) is 30.0. The molecule has 0 atom stereocenters. The van der Waals surface area contributed by atoms with Gasteiger partial charge in [0.15, 0.2) is 0 Å². The summed E-state index contributed by atoms with van der Waals surface area (Å²) in [6, 6.07) is 45.2. The molecule has 2 aliphatic heterocycles. The van der Waals surface area contributed by atoms with Crippen LogP contribution in [0.3, 0.4) is 0 Å². The molecule has 0 aliphatic carbocycles. The van der Waals surface area contributed by atoms with E-state index in [4.69, 9.17) is 0 Å². The number of benzene rings is 7. The molecule has 0 saturated heterocycles. The fourth-order valence-electron chi connectivity index (χ4n) is 10.6. The van der Waals surface area contributed by atoms with Crippen molar-refractivity contribution < 1.29 is 8.42 Å². The highest BCUT2D eigenvalue weighted by atomic mass is 32.2. The van der Waals surface area contributed by atoms with Gasteiger partial charge in [-0.25, -0.2) is 8.42 Å². The van der Waals surface area contributed by atoms with E-state index in [1.807, 2.05) is 18.2 Å². The van der Waals surface area contributed by atoms with Crippen molar-refractivity contribution in [2.75, 3.05) is 0 Å². The maximum absolute atomic E-state index is 13.8. The summed E-state index contributed by atoms with van der Waals surface area (Å²) in [7, 11) is -3.68. The third-order valence-corrected chi connectivity index (χ3v) is 16.1. The Morgan fingerprint density at radius 1 is 0.406 bits per heavy atom. The maximum atomic E-state index is 13.8. The lowest BCUT2D eigenvalue weighted by atomic mass is 9.34. The fraction of sp³-hybridized carbons (Fsp3) is 0.276. The van der Waals surface area contributed by atoms with E-state index in [0.717, 1.165) is 11.1 Å². The molecule has 0 N–H and O–H groups in total. The van der Waals surface area contributed by atoms with Crippen LogP contribution in [0.2, 0.25) is 0 Å². The third kappa shape index (κ3) is 5.90. The second-order valence-corrected chi connectivity index (χ2v) is 24.7. The topological polar surface area (TPSA) is 44.0 Å². The largest absolute Gasteiger partial charge is 0.310 e. The van der Waals surface area contributed by atoms with E-state index >= 15 is 0 Å². The summed E-state index contributed by atoms with van der Waals surface area (Å²) in [5.74, 6) is 0. The molecule has 4 nitrogen and oxygen atoms in total. The van der Waals surface area contributed by atoms with Crippen LogP contribution in [0.4, 0.5) is 0 Å². The standard InChI is InChI=1S/C58H57BN2O2S/c1-55(2,3)36-20-24-48-42(28-36)44-30-38(57(7,8)9)32-46-53(44)60(48)50-26-35(34-18-22-41(23-19-34)64(62,63)40-16-14-13-15-17-40)27-51-52(50)59(46)47-33-39(58(10,11)12)31-45-43-29-37(56(4,5)6)21-25-49(43)61(51)54(45)47/h13-33H,1-12H3. The number of nitrogens with zero attached hydrogens (tertiary/aromatic N) is 2. The Kier molecular flexibility index (Phi) is 8.39. The number of sulfone groups is 1. The van der Waals surface area contributed by atoms with Crippen LogP contribution < -0.4 is 16.4 Å². The van der Waals surface area contributed by atoms with E-state index in [0.29, 0.717) is 4.90 Å². The second kappa shape index (κ2) is 13.1. The molecule has 2 aliphatic rings. The van der Waals surface area contributed by atoms with Crippen molar-refractivity contribution in [1.82, 2.24) is 9.13 Å². The average Bonchev–Trinajstić information content (AvgIpc) is 3.75. The van der Waals surface area contributed by atoms with Crippen LogP contribution in [-0.4, -0.2) is 24.3 Å². The first-order valence-electron chi connectivity index (χ1n) is 22.9. The summed E-state index contributed by atoms with van der Waals surface area (Å²) >= 11 is 0. The van der Waals surface area contributed by atoms with E-state index in [9.17, 15) is 8.42 Å². The van der Waals surface area contributed by atoms with Gasteiger partial charge in [-0.1, -0.05) is 138 Å². The van der Waals surface area contributed by atoms with Crippen molar-refractivity contribution in [2.24, 2.45) is 0 Å². The van der Waals surface area contributed by atoms with Crippen LogP contribution in [0.1, 0.15) is 105 Å². The van der Waals surface area contributed by atoms with E-state index in [1.165, 1.54) is 93.6 Å². The quantitative estimate of drug-likeness (QED) is 0.166. The summed E-state index contributed by atoms with van der Waals surface area (Å²) < 4.78 is 32.7. The molecule has 0 saturated carbocycles. The summed E-state index contributed by atoms with van der Waals surface area (Å²) in [6.07, 6.45) is 0. The molecule has 0 radical (unpaired) electrons. The molecular weight excluding hydrogens is 800 g/mol. The molecule has 11 rings (SSSR count). The number of aromatic nitrogens is 2. The Bertz CT molecular complexity index is 3400. The summed E-state index contributed by atoms with van der Waals surface area (Å²) in [5.41, 5.74) is 18.4. The molecule has 64 heavy (non-hydrogen) atoms. The molecule has 0 bridgehead atoms. The van der Waals surface area contributed by atoms with Crippen molar-refractivity contribution in [1.29, 1.82) is 0 Å². The summed E-state index contributed by atoms with van der Waals surface area (Å²) in [5, 5.41) is 5.13. The molecule has 6 heteroatoms. The zero-order valence-electron chi connectivity index (χ0n) is 39.3. The van der Waals surface area contributed by atoms with Gasteiger partial charge in [-0.3, -0.25) is 0 Å². The van der Waals surface area contributed by atoms with Crippen molar-refractivity contribution in [3.63, 3.8) is 0 Å². The maximum Gasteiger partial charge on any atom is 0.252 e. The van der Waals surface area contributed by atoms with Gasteiger partial charge in [0.25, 0.3) is 6.71 Å².